The summed E-state index contributed by atoms with van der Waals surface area (Å²) in [7, 11) is 0. The number of hydrogen-bond donors (Lipinski definition) is 1. The highest BCUT2D eigenvalue weighted by atomic mass is 35.5. The zero-order valence-corrected chi connectivity index (χ0v) is 12.0. The summed E-state index contributed by atoms with van der Waals surface area (Å²) < 4.78 is 5.67. The number of nitrogens with zero attached hydrogens (tertiary/aromatic N) is 1. The van der Waals surface area contributed by atoms with Crippen molar-refractivity contribution >= 4 is 23.2 Å². The first-order chi connectivity index (χ1) is 10.1. The number of ether oxygens (including phenoxy) is 1. The van der Waals surface area contributed by atoms with E-state index in [-0.39, 0.29) is 34.3 Å². The van der Waals surface area contributed by atoms with E-state index in [2.05, 4.69) is 5.32 Å². The van der Waals surface area contributed by atoms with Gasteiger partial charge in [-0.1, -0.05) is 11.6 Å². The van der Waals surface area contributed by atoms with E-state index in [0.29, 0.717) is 12.5 Å². The van der Waals surface area contributed by atoms with Gasteiger partial charge in [0, 0.05) is 18.7 Å². The molecule has 21 heavy (non-hydrogen) atoms. The molecular weight excluding hydrogens is 296 g/mol. The maximum Gasteiger partial charge on any atom is 0.270 e. The van der Waals surface area contributed by atoms with Gasteiger partial charge in [0.05, 0.1) is 27.7 Å². The number of nitro groups is 1. The average Bonchev–Trinajstić information content (AvgIpc) is 3.19. The Hall–Kier alpha value is -1.66. The van der Waals surface area contributed by atoms with Crippen LogP contribution < -0.4 is 5.32 Å². The molecule has 1 aliphatic carbocycles. The lowest BCUT2D eigenvalue weighted by molar-refractivity contribution is -0.384. The molecule has 1 aromatic rings. The van der Waals surface area contributed by atoms with Gasteiger partial charge in [-0.15, -0.1) is 0 Å². The highest BCUT2D eigenvalue weighted by Gasteiger charge is 2.41. The summed E-state index contributed by atoms with van der Waals surface area (Å²) in [5.41, 5.74) is 0.125. The van der Waals surface area contributed by atoms with Crippen LogP contribution in [0.2, 0.25) is 5.02 Å². The molecule has 112 valence electrons. The van der Waals surface area contributed by atoms with Gasteiger partial charge in [0.25, 0.3) is 11.6 Å². The van der Waals surface area contributed by atoms with Gasteiger partial charge in [0.2, 0.25) is 0 Å². The maximum absolute atomic E-state index is 12.3. The van der Waals surface area contributed by atoms with Gasteiger partial charge in [-0.3, -0.25) is 14.9 Å². The van der Waals surface area contributed by atoms with E-state index in [1.807, 2.05) is 0 Å². The number of nitrogens with one attached hydrogen (secondary N) is 1. The van der Waals surface area contributed by atoms with Crippen LogP contribution in [0.4, 0.5) is 5.69 Å². The first-order valence-corrected chi connectivity index (χ1v) is 7.30. The quantitative estimate of drug-likeness (QED) is 0.684. The Morgan fingerprint density at radius 2 is 2.14 bits per heavy atom. The average molecular weight is 311 g/mol. The van der Waals surface area contributed by atoms with Gasteiger partial charge in [-0.25, -0.2) is 0 Å². The predicted octanol–water partition coefficient (Wildman–Crippen LogP) is 2.55. The molecule has 6 nitrogen and oxygen atoms in total. The molecule has 2 atom stereocenters. The van der Waals surface area contributed by atoms with E-state index in [9.17, 15) is 14.9 Å². The van der Waals surface area contributed by atoms with Crippen molar-refractivity contribution in [3.63, 3.8) is 0 Å². The van der Waals surface area contributed by atoms with Crippen molar-refractivity contribution in [3.8, 4) is 0 Å². The molecule has 1 heterocycles. The monoisotopic (exact) mass is 310 g/mol. The summed E-state index contributed by atoms with van der Waals surface area (Å²) in [6.07, 6.45) is 3.17. The molecule has 2 unspecified atom stereocenters. The Morgan fingerprint density at radius 1 is 1.38 bits per heavy atom. The normalized spacial score (nSPS) is 24.8. The topological polar surface area (TPSA) is 81.5 Å². The molecule has 3 rings (SSSR count). The number of amides is 1. The van der Waals surface area contributed by atoms with Gasteiger partial charge in [-0.2, -0.15) is 0 Å². The summed E-state index contributed by atoms with van der Waals surface area (Å²) in [5.74, 6) is 0.237. The van der Waals surface area contributed by atoms with Crippen LogP contribution in [0.25, 0.3) is 0 Å². The first-order valence-electron chi connectivity index (χ1n) is 6.92. The Kier molecular flexibility index (Phi) is 3.82. The van der Waals surface area contributed by atoms with Gasteiger partial charge in [0.1, 0.15) is 0 Å². The first kappa shape index (κ1) is 14.3. The van der Waals surface area contributed by atoms with Gasteiger partial charge < -0.3 is 10.1 Å². The molecule has 1 saturated carbocycles. The number of carbonyl (C=O) groups excluding carboxylic acids is 1. The van der Waals surface area contributed by atoms with Crippen LogP contribution in [0.3, 0.4) is 0 Å². The van der Waals surface area contributed by atoms with Crippen LogP contribution in [-0.4, -0.2) is 29.6 Å². The molecular formula is C14H15ClN2O4. The second-order valence-corrected chi connectivity index (χ2v) is 5.87. The predicted molar refractivity (Wildman–Crippen MR) is 76.4 cm³/mol. The summed E-state index contributed by atoms with van der Waals surface area (Å²) in [5, 5.41) is 13.7. The van der Waals surface area contributed by atoms with E-state index in [1.54, 1.807) is 0 Å². The lowest BCUT2D eigenvalue weighted by atomic mass is 10.1. The third-order valence-electron chi connectivity index (χ3n) is 3.95. The van der Waals surface area contributed by atoms with Crippen molar-refractivity contribution in [1.82, 2.24) is 5.32 Å². The molecule has 0 spiro atoms. The summed E-state index contributed by atoms with van der Waals surface area (Å²) >= 11 is 5.97. The van der Waals surface area contributed by atoms with E-state index < -0.39 is 4.92 Å². The number of hydrogen-bond acceptors (Lipinski definition) is 4. The molecule has 1 aromatic carbocycles. The van der Waals surface area contributed by atoms with E-state index in [1.165, 1.54) is 18.2 Å². The third-order valence-corrected chi connectivity index (χ3v) is 4.26. The lowest BCUT2D eigenvalue weighted by Gasteiger charge is -2.19. The molecule has 2 fully saturated rings. The van der Waals surface area contributed by atoms with Gasteiger partial charge >= 0.3 is 0 Å². The molecule has 0 radical (unpaired) electrons. The summed E-state index contributed by atoms with van der Waals surface area (Å²) in [6, 6.07) is 3.86. The van der Waals surface area contributed by atoms with E-state index in [4.69, 9.17) is 16.3 Å². The van der Waals surface area contributed by atoms with Crippen molar-refractivity contribution in [2.75, 3.05) is 6.61 Å². The van der Waals surface area contributed by atoms with Gasteiger partial charge in [-0.05, 0) is 31.2 Å². The Morgan fingerprint density at radius 3 is 2.76 bits per heavy atom. The fourth-order valence-electron chi connectivity index (χ4n) is 2.70. The number of halogens is 1. The largest absolute Gasteiger partial charge is 0.376 e. The zero-order valence-electron chi connectivity index (χ0n) is 11.3. The van der Waals surface area contributed by atoms with Crippen LogP contribution in [0.15, 0.2) is 18.2 Å². The molecule has 1 saturated heterocycles. The lowest BCUT2D eigenvalue weighted by Crippen LogP contribution is -2.41. The number of non-ortho nitro benzene ring substituents is 1. The fourth-order valence-corrected chi connectivity index (χ4v) is 2.96. The minimum absolute atomic E-state index is 0.00346. The van der Waals surface area contributed by atoms with Gasteiger partial charge in [0.15, 0.2) is 0 Å². The molecule has 0 aromatic heterocycles. The van der Waals surface area contributed by atoms with Crippen LogP contribution in [0, 0.1) is 16.0 Å². The minimum Gasteiger partial charge on any atom is -0.376 e. The standard InChI is InChI=1S/C14H15ClN2O4/c15-11-7-9(17(19)20)3-4-10(11)14(18)16-12-5-6-21-13(12)8-1-2-8/h3-4,7-8,12-13H,1-2,5-6H2,(H,16,18). The van der Waals surface area contributed by atoms with Crippen LogP contribution in [0.5, 0.6) is 0 Å². The van der Waals surface area contributed by atoms with Crippen LogP contribution in [0.1, 0.15) is 29.6 Å². The molecule has 1 amide bonds. The minimum atomic E-state index is -0.540. The third kappa shape index (κ3) is 3.01. The molecule has 7 heteroatoms. The second kappa shape index (κ2) is 5.61. The Labute approximate surface area is 126 Å². The fraction of sp³-hybridized carbons (Fsp3) is 0.500. The highest BCUT2D eigenvalue weighted by Crippen LogP contribution is 2.38. The zero-order chi connectivity index (χ0) is 15.0. The number of nitro benzene ring substituents is 1. The number of rotatable bonds is 4. The van der Waals surface area contributed by atoms with Crippen LogP contribution in [-0.2, 0) is 4.74 Å². The number of carbonyl (C=O) groups is 1. The summed E-state index contributed by atoms with van der Waals surface area (Å²) in [4.78, 5) is 22.4. The van der Waals surface area contributed by atoms with Crippen molar-refractivity contribution in [1.29, 1.82) is 0 Å². The molecule has 1 aliphatic heterocycles. The van der Waals surface area contributed by atoms with Crippen molar-refractivity contribution in [3.05, 3.63) is 38.9 Å². The van der Waals surface area contributed by atoms with Crippen molar-refractivity contribution < 1.29 is 14.5 Å². The SMILES string of the molecule is O=C(NC1CCOC1C1CC1)c1ccc([N+](=O)[O-])cc1Cl. The molecule has 2 aliphatic rings. The second-order valence-electron chi connectivity index (χ2n) is 5.46. The maximum atomic E-state index is 12.3. The van der Waals surface area contributed by atoms with Crippen molar-refractivity contribution in [2.24, 2.45) is 5.92 Å². The smallest absolute Gasteiger partial charge is 0.270 e. The Bertz CT molecular complexity index is 588. The Balaban J connectivity index is 1.71. The van der Waals surface area contributed by atoms with E-state index in [0.717, 1.165) is 19.3 Å². The summed E-state index contributed by atoms with van der Waals surface area (Å²) in [6.45, 7) is 0.653. The molecule has 0 bridgehead atoms. The number of benzene rings is 1. The van der Waals surface area contributed by atoms with Crippen molar-refractivity contribution in [2.45, 2.75) is 31.4 Å². The highest BCUT2D eigenvalue weighted by molar-refractivity contribution is 6.34. The van der Waals surface area contributed by atoms with Crippen LogP contribution >= 0.6 is 11.6 Å². The molecule has 1 N–H and O–H groups in total. The van der Waals surface area contributed by atoms with E-state index >= 15 is 0 Å².